The van der Waals surface area contributed by atoms with E-state index >= 15 is 0 Å². The average molecular weight is 363 g/mol. The molecule has 112 valence electrons. The second-order valence-electron chi connectivity index (χ2n) is 4.07. The zero-order chi connectivity index (χ0) is 15.1. The van der Waals surface area contributed by atoms with Gasteiger partial charge in [0.15, 0.2) is 0 Å². The summed E-state index contributed by atoms with van der Waals surface area (Å²) in [5.74, 6) is 1.79. The van der Waals surface area contributed by atoms with Crippen molar-refractivity contribution in [2.75, 3.05) is 31.5 Å². The molecule has 0 aliphatic carbocycles. The quantitative estimate of drug-likeness (QED) is 0.779. The summed E-state index contributed by atoms with van der Waals surface area (Å²) in [6.45, 7) is 0. The number of rotatable bonds is 7. The van der Waals surface area contributed by atoms with Crippen LogP contribution in [0.15, 0.2) is 16.6 Å². The molecule has 0 fully saturated rings. The van der Waals surface area contributed by atoms with Gasteiger partial charge in [-0.1, -0.05) is 0 Å². The van der Waals surface area contributed by atoms with E-state index in [0.29, 0.717) is 28.1 Å². The Morgan fingerprint density at radius 1 is 1.40 bits per heavy atom. The fraction of sp³-hybridized carbons (Fsp3) is 0.462. The Bertz CT molecular complexity index is 446. The van der Waals surface area contributed by atoms with Crippen molar-refractivity contribution >= 4 is 39.3 Å². The summed E-state index contributed by atoms with van der Waals surface area (Å²) >= 11 is 5.04. The molecule has 0 aromatic heterocycles. The van der Waals surface area contributed by atoms with Crippen molar-refractivity contribution < 1.29 is 14.3 Å². The van der Waals surface area contributed by atoms with Crippen LogP contribution >= 0.6 is 27.7 Å². The molecule has 0 saturated heterocycles. The standard InChI is InChI=1S/C13H19BrN2O3S/c1-18-10-6-8(7-11(19-2)12(10)14)16-13(17)9(15)4-5-20-3/h6-7,9H,4-5,15H2,1-3H3,(H,16,17). The fourth-order valence-corrected chi connectivity index (χ4v) is 2.59. The Balaban J connectivity index is 2.84. The van der Waals surface area contributed by atoms with E-state index in [-0.39, 0.29) is 5.91 Å². The van der Waals surface area contributed by atoms with Gasteiger partial charge in [0.2, 0.25) is 5.91 Å². The number of thioether (sulfide) groups is 1. The highest BCUT2D eigenvalue weighted by Gasteiger charge is 2.16. The second kappa shape index (κ2) is 8.39. The van der Waals surface area contributed by atoms with Gasteiger partial charge in [-0.15, -0.1) is 0 Å². The third-order valence-corrected chi connectivity index (χ3v) is 4.11. The first-order chi connectivity index (χ1) is 9.53. The minimum atomic E-state index is -0.525. The molecule has 1 unspecified atom stereocenters. The summed E-state index contributed by atoms with van der Waals surface area (Å²) in [5.41, 5.74) is 6.41. The number of nitrogens with one attached hydrogen (secondary N) is 1. The Kier molecular flexibility index (Phi) is 7.18. The number of nitrogens with two attached hydrogens (primary N) is 1. The zero-order valence-corrected chi connectivity index (χ0v) is 14.1. The molecule has 0 spiro atoms. The first-order valence-electron chi connectivity index (χ1n) is 6.00. The van der Waals surface area contributed by atoms with Crippen molar-refractivity contribution in [1.82, 2.24) is 0 Å². The molecule has 1 aromatic rings. The van der Waals surface area contributed by atoms with Crippen LogP contribution in [0.25, 0.3) is 0 Å². The molecular weight excluding hydrogens is 344 g/mol. The van der Waals surface area contributed by atoms with Crippen LogP contribution in [0.5, 0.6) is 11.5 Å². The predicted molar refractivity (Wildman–Crippen MR) is 86.9 cm³/mol. The molecular formula is C13H19BrN2O3S. The summed E-state index contributed by atoms with van der Waals surface area (Å²) in [6, 6.07) is 2.90. The Morgan fingerprint density at radius 3 is 2.40 bits per heavy atom. The summed E-state index contributed by atoms with van der Waals surface area (Å²) in [5, 5.41) is 2.77. The smallest absolute Gasteiger partial charge is 0.241 e. The van der Waals surface area contributed by atoms with Crippen molar-refractivity contribution in [3.05, 3.63) is 16.6 Å². The Hall–Kier alpha value is -0.920. The highest BCUT2D eigenvalue weighted by atomic mass is 79.9. The monoisotopic (exact) mass is 362 g/mol. The van der Waals surface area contributed by atoms with E-state index in [1.807, 2.05) is 6.26 Å². The molecule has 20 heavy (non-hydrogen) atoms. The van der Waals surface area contributed by atoms with Crippen LogP contribution < -0.4 is 20.5 Å². The Morgan fingerprint density at radius 2 is 1.95 bits per heavy atom. The highest BCUT2D eigenvalue weighted by molar-refractivity contribution is 9.10. The molecule has 0 radical (unpaired) electrons. The topological polar surface area (TPSA) is 73.6 Å². The van der Waals surface area contributed by atoms with Gasteiger partial charge in [0, 0.05) is 17.8 Å². The summed E-state index contributed by atoms with van der Waals surface area (Å²) in [4.78, 5) is 12.0. The number of hydrogen-bond donors (Lipinski definition) is 2. The number of carbonyl (C=O) groups excluding carboxylic acids is 1. The number of benzene rings is 1. The van der Waals surface area contributed by atoms with Gasteiger partial charge in [-0.2, -0.15) is 11.8 Å². The average Bonchev–Trinajstić information content (AvgIpc) is 2.45. The number of amides is 1. The zero-order valence-electron chi connectivity index (χ0n) is 11.7. The number of carbonyl (C=O) groups is 1. The summed E-state index contributed by atoms with van der Waals surface area (Å²) in [6.07, 6.45) is 2.62. The van der Waals surface area contributed by atoms with Gasteiger partial charge in [0.05, 0.1) is 20.3 Å². The van der Waals surface area contributed by atoms with Gasteiger partial charge in [-0.25, -0.2) is 0 Å². The molecule has 0 bridgehead atoms. The lowest BCUT2D eigenvalue weighted by atomic mass is 10.2. The molecule has 7 heteroatoms. The van der Waals surface area contributed by atoms with Gasteiger partial charge in [-0.05, 0) is 34.4 Å². The van der Waals surface area contributed by atoms with Crippen molar-refractivity contribution in [1.29, 1.82) is 0 Å². The molecule has 1 rings (SSSR count). The van der Waals surface area contributed by atoms with Gasteiger partial charge in [0.1, 0.15) is 16.0 Å². The van der Waals surface area contributed by atoms with Gasteiger partial charge < -0.3 is 20.5 Å². The SMILES string of the molecule is COc1cc(NC(=O)C(N)CCSC)cc(OC)c1Br. The number of halogens is 1. The number of methoxy groups -OCH3 is 2. The molecule has 0 aliphatic heterocycles. The minimum absolute atomic E-state index is 0.217. The Labute approximate surface area is 131 Å². The van der Waals surface area contributed by atoms with Crippen LogP contribution in [-0.2, 0) is 4.79 Å². The van der Waals surface area contributed by atoms with Crippen LogP contribution in [0.2, 0.25) is 0 Å². The maximum absolute atomic E-state index is 12.0. The maximum atomic E-state index is 12.0. The summed E-state index contributed by atoms with van der Waals surface area (Å²) < 4.78 is 11.1. The normalized spacial score (nSPS) is 11.8. The van der Waals surface area contributed by atoms with Crippen LogP contribution in [0.4, 0.5) is 5.69 Å². The third kappa shape index (κ3) is 4.57. The van der Waals surface area contributed by atoms with Crippen LogP contribution in [0, 0.1) is 0 Å². The van der Waals surface area contributed by atoms with E-state index in [0.717, 1.165) is 5.75 Å². The minimum Gasteiger partial charge on any atom is -0.495 e. The maximum Gasteiger partial charge on any atom is 0.241 e. The largest absolute Gasteiger partial charge is 0.495 e. The van der Waals surface area contributed by atoms with Crippen molar-refractivity contribution in [2.45, 2.75) is 12.5 Å². The number of anilines is 1. The lowest BCUT2D eigenvalue weighted by Crippen LogP contribution is -2.36. The van der Waals surface area contributed by atoms with Crippen LogP contribution in [0.3, 0.4) is 0 Å². The molecule has 5 nitrogen and oxygen atoms in total. The van der Waals surface area contributed by atoms with Crippen LogP contribution in [0.1, 0.15) is 6.42 Å². The molecule has 0 aliphatic rings. The third-order valence-electron chi connectivity index (χ3n) is 2.68. The van der Waals surface area contributed by atoms with E-state index in [2.05, 4.69) is 21.2 Å². The van der Waals surface area contributed by atoms with E-state index < -0.39 is 6.04 Å². The van der Waals surface area contributed by atoms with Gasteiger partial charge in [-0.3, -0.25) is 4.79 Å². The molecule has 0 heterocycles. The molecule has 1 amide bonds. The first-order valence-corrected chi connectivity index (χ1v) is 8.19. The van der Waals surface area contributed by atoms with E-state index in [4.69, 9.17) is 15.2 Å². The highest BCUT2D eigenvalue weighted by Crippen LogP contribution is 2.37. The first kappa shape index (κ1) is 17.1. The second-order valence-corrected chi connectivity index (χ2v) is 5.85. The number of ether oxygens (including phenoxy) is 2. The molecule has 3 N–H and O–H groups in total. The van der Waals surface area contributed by atoms with Gasteiger partial charge >= 0.3 is 0 Å². The van der Waals surface area contributed by atoms with Crippen molar-refractivity contribution in [2.24, 2.45) is 5.73 Å². The van der Waals surface area contributed by atoms with E-state index in [1.165, 1.54) is 0 Å². The van der Waals surface area contributed by atoms with Crippen LogP contribution in [-0.4, -0.2) is 38.2 Å². The van der Waals surface area contributed by atoms with Crippen molar-refractivity contribution in [3.63, 3.8) is 0 Å². The molecule has 1 aromatic carbocycles. The number of hydrogen-bond acceptors (Lipinski definition) is 5. The van der Waals surface area contributed by atoms with E-state index in [1.54, 1.807) is 38.1 Å². The fourth-order valence-electron chi connectivity index (χ4n) is 1.55. The molecule has 1 atom stereocenters. The lowest BCUT2D eigenvalue weighted by molar-refractivity contribution is -0.117. The van der Waals surface area contributed by atoms with Crippen molar-refractivity contribution in [3.8, 4) is 11.5 Å². The van der Waals surface area contributed by atoms with E-state index in [9.17, 15) is 4.79 Å². The van der Waals surface area contributed by atoms with Gasteiger partial charge in [0.25, 0.3) is 0 Å². The molecule has 0 saturated carbocycles. The summed E-state index contributed by atoms with van der Waals surface area (Å²) in [7, 11) is 3.10. The predicted octanol–water partition coefficient (Wildman–Crippen LogP) is 2.49. The lowest BCUT2D eigenvalue weighted by Gasteiger charge is -2.14.